The van der Waals surface area contributed by atoms with Gasteiger partial charge in [-0.2, -0.15) is 0 Å². The molecule has 1 aromatic carbocycles. The molecular formula is C20H24Cl2N6O. The van der Waals surface area contributed by atoms with Gasteiger partial charge in [-0.25, -0.2) is 9.98 Å². The second-order valence-electron chi connectivity index (χ2n) is 6.61. The predicted octanol–water partition coefficient (Wildman–Crippen LogP) is 3.84. The lowest BCUT2D eigenvalue weighted by molar-refractivity contribution is 0.0724. The Kier molecular flexibility index (Phi) is 8.42. The summed E-state index contributed by atoms with van der Waals surface area (Å²) >= 11 is 12.2. The van der Waals surface area contributed by atoms with Gasteiger partial charge in [0.15, 0.2) is 0 Å². The van der Waals surface area contributed by atoms with Gasteiger partial charge in [0.25, 0.3) is 5.91 Å². The molecular weight excluding hydrogens is 411 g/mol. The zero-order valence-electron chi connectivity index (χ0n) is 16.1. The highest BCUT2D eigenvalue weighted by atomic mass is 35.5. The van der Waals surface area contributed by atoms with Gasteiger partial charge in [-0.05, 0) is 56.2 Å². The van der Waals surface area contributed by atoms with E-state index in [0.29, 0.717) is 39.7 Å². The first-order valence-electron chi connectivity index (χ1n) is 9.06. The number of carbonyl (C=O) groups is 1. The number of carbonyl (C=O) groups excluding carboxylic acids is 1. The van der Waals surface area contributed by atoms with Gasteiger partial charge in [0.1, 0.15) is 18.0 Å². The Hall–Kier alpha value is -2.64. The van der Waals surface area contributed by atoms with Crippen molar-refractivity contribution in [2.45, 2.75) is 25.8 Å². The minimum absolute atomic E-state index is 0.214. The maximum Gasteiger partial charge on any atom is 0.254 e. The van der Waals surface area contributed by atoms with Gasteiger partial charge in [-0.1, -0.05) is 29.8 Å². The molecule has 1 unspecified atom stereocenters. The highest BCUT2D eigenvalue weighted by Crippen LogP contribution is 2.31. The van der Waals surface area contributed by atoms with Crippen LogP contribution in [0.15, 0.2) is 52.9 Å². The lowest BCUT2D eigenvalue weighted by Gasteiger charge is -2.30. The number of nitrogens with one attached hydrogen (secondary N) is 2. The van der Waals surface area contributed by atoms with E-state index in [-0.39, 0.29) is 5.91 Å². The van der Waals surface area contributed by atoms with E-state index in [1.807, 2.05) is 6.92 Å². The Morgan fingerprint density at radius 2 is 2.07 bits per heavy atom. The quantitative estimate of drug-likeness (QED) is 0.405. The second-order valence-corrected chi connectivity index (χ2v) is 7.49. The third-order valence-corrected chi connectivity index (χ3v) is 4.73. The van der Waals surface area contributed by atoms with Crippen molar-refractivity contribution >= 4 is 47.5 Å². The maximum absolute atomic E-state index is 13.3. The smallest absolute Gasteiger partial charge is 0.254 e. The predicted molar refractivity (Wildman–Crippen MR) is 120 cm³/mol. The zero-order valence-corrected chi connectivity index (χ0v) is 17.6. The van der Waals surface area contributed by atoms with Crippen molar-refractivity contribution in [3.05, 3.63) is 58.5 Å². The van der Waals surface area contributed by atoms with Crippen LogP contribution in [0.5, 0.6) is 0 Å². The number of rotatable bonds is 9. The molecule has 1 amide bonds. The third kappa shape index (κ3) is 7.03. The second kappa shape index (κ2) is 10.8. The summed E-state index contributed by atoms with van der Waals surface area (Å²) < 4.78 is 0. The minimum atomic E-state index is -0.459. The van der Waals surface area contributed by atoms with Crippen molar-refractivity contribution in [1.29, 1.82) is 5.41 Å². The molecule has 0 spiro atoms. The summed E-state index contributed by atoms with van der Waals surface area (Å²) in [4.78, 5) is 23.1. The van der Waals surface area contributed by atoms with Crippen molar-refractivity contribution in [2.75, 3.05) is 6.54 Å². The molecule has 0 aliphatic heterocycles. The Labute approximate surface area is 180 Å². The van der Waals surface area contributed by atoms with Crippen LogP contribution >= 0.6 is 23.2 Å². The Bertz CT molecular complexity index is 840. The normalized spacial score (nSPS) is 15.5. The van der Waals surface area contributed by atoms with Crippen LogP contribution in [0.2, 0.25) is 10.0 Å². The number of nitrogens with two attached hydrogens (primary N) is 1. The molecule has 0 radical (unpaired) electrons. The van der Waals surface area contributed by atoms with E-state index in [1.165, 1.54) is 12.4 Å². The van der Waals surface area contributed by atoms with Crippen molar-refractivity contribution in [3.8, 4) is 0 Å². The summed E-state index contributed by atoms with van der Waals surface area (Å²) in [6.45, 7) is 6.21. The number of hydrogen-bond donors (Lipinski definition) is 3. The average Bonchev–Trinajstić information content (AvgIpc) is 3.48. The molecule has 2 rings (SSSR count). The zero-order chi connectivity index (χ0) is 21.4. The van der Waals surface area contributed by atoms with Crippen LogP contribution < -0.4 is 11.1 Å². The third-order valence-electron chi connectivity index (χ3n) is 4.29. The van der Waals surface area contributed by atoms with Crippen LogP contribution in [-0.4, -0.2) is 41.8 Å². The number of benzene rings is 1. The Morgan fingerprint density at radius 1 is 1.41 bits per heavy atom. The minimum Gasteiger partial charge on any atom is -0.405 e. The van der Waals surface area contributed by atoms with E-state index in [9.17, 15) is 4.79 Å². The van der Waals surface area contributed by atoms with Crippen LogP contribution in [-0.2, 0) is 0 Å². The first-order valence-corrected chi connectivity index (χ1v) is 9.81. The molecule has 0 aromatic heterocycles. The molecule has 9 heteroatoms. The van der Waals surface area contributed by atoms with E-state index in [0.717, 1.165) is 19.2 Å². The van der Waals surface area contributed by atoms with E-state index in [2.05, 4.69) is 21.9 Å². The molecule has 1 atom stereocenters. The molecule has 1 fully saturated rings. The number of hydrogen-bond acceptors (Lipinski definition) is 4. The molecule has 154 valence electrons. The van der Waals surface area contributed by atoms with E-state index < -0.39 is 6.04 Å². The Morgan fingerprint density at radius 3 is 2.62 bits per heavy atom. The fraction of sp³-hybridized carbons (Fsp3) is 0.300. The molecule has 7 nitrogen and oxygen atoms in total. The fourth-order valence-corrected chi connectivity index (χ4v) is 3.19. The standard InChI is InChI=1S/C20H24Cl2N6O/c1-13(19(26-12-24)27-14(2)25-7-3-6-23)28(11-15-4-5-15)20(29)16-8-17(21)10-18(22)9-16/h3,6-10,12-13,15H,2,4-5,11,23H2,1H3,(H2,24,26,27)/b6-3-,25-7-. The monoisotopic (exact) mass is 434 g/mol. The van der Waals surface area contributed by atoms with Crippen molar-refractivity contribution in [3.63, 3.8) is 0 Å². The van der Waals surface area contributed by atoms with Gasteiger partial charge in [-0.15, -0.1) is 0 Å². The fourth-order valence-electron chi connectivity index (χ4n) is 2.66. The summed E-state index contributed by atoms with van der Waals surface area (Å²) in [5.74, 6) is 0.905. The van der Waals surface area contributed by atoms with E-state index in [4.69, 9.17) is 34.3 Å². The first-order chi connectivity index (χ1) is 13.8. The molecule has 1 aromatic rings. The molecule has 0 heterocycles. The summed E-state index contributed by atoms with van der Waals surface area (Å²) in [5, 5.41) is 11.1. The van der Waals surface area contributed by atoms with Crippen LogP contribution in [0, 0.1) is 11.3 Å². The molecule has 0 saturated heterocycles. The van der Waals surface area contributed by atoms with Crippen LogP contribution in [0.3, 0.4) is 0 Å². The summed E-state index contributed by atoms with van der Waals surface area (Å²) in [5.41, 5.74) is 5.67. The maximum atomic E-state index is 13.3. The largest absolute Gasteiger partial charge is 0.405 e. The highest BCUT2D eigenvalue weighted by molar-refractivity contribution is 6.35. The topological polar surface area (TPSA) is 107 Å². The summed E-state index contributed by atoms with van der Waals surface area (Å²) in [7, 11) is 0. The van der Waals surface area contributed by atoms with Crippen LogP contribution in [0.25, 0.3) is 0 Å². The lowest BCUT2D eigenvalue weighted by Crippen LogP contribution is -2.48. The van der Waals surface area contributed by atoms with E-state index >= 15 is 0 Å². The first kappa shape index (κ1) is 22.6. The van der Waals surface area contributed by atoms with Gasteiger partial charge < -0.3 is 16.0 Å². The van der Waals surface area contributed by atoms with Crippen molar-refractivity contribution in [2.24, 2.45) is 21.6 Å². The number of aliphatic imine (C=N–C) groups is 2. The van der Waals surface area contributed by atoms with Crippen LogP contribution in [0.4, 0.5) is 0 Å². The van der Waals surface area contributed by atoms with Gasteiger partial charge in [0.05, 0.1) is 6.04 Å². The number of amidine groups is 1. The van der Waals surface area contributed by atoms with Gasteiger partial charge in [-0.3, -0.25) is 10.2 Å². The summed E-state index contributed by atoms with van der Waals surface area (Å²) in [6, 6.07) is 4.30. The van der Waals surface area contributed by atoms with Crippen molar-refractivity contribution in [1.82, 2.24) is 10.2 Å². The number of halogens is 2. The summed E-state index contributed by atoms with van der Waals surface area (Å²) in [6.07, 6.45) is 7.42. The average molecular weight is 435 g/mol. The number of nitrogens with zero attached hydrogens (tertiary/aromatic N) is 3. The van der Waals surface area contributed by atoms with Crippen LogP contribution in [0.1, 0.15) is 30.1 Å². The highest BCUT2D eigenvalue weighted by Gasteiger charge is 2.32. The van der Waals surface area contributed by atoms with E-state index in [1.54, 1.807) is 29.2 Å². The lowest BCUT2D eigenvalue weighted by atomic mass is 10.1. The molecule has 0 bridgehead atoms. The van der Waals surface area contributed by atoms with Gasteiger partial charge in [0, 0.05) is 28.4 Å². The number of amides is 1. The molecule has 29 heavy (non-hydrogen) atoms. The van der Waals surface area contributed by atoms with Crippen molar-refractivity contribution < 1.29 is 4.79 Å². The van der Waals surface area contributed by atoms with Gasteiger partial charge >= 0.3 is 0 Å². The molecule has 1 aliphatic carbocycles. The molecule has 4 N–H and O–H groups in total. The Balaban J connectivity index is 2.28. The SMILES string of the molecule is C=C(/N=C\C=C/N)N/C(=N\C=N)C(C)N(CC1CC1)C(=O)c1cc(Cl)cc(Cl)c1. The van der Waals surface area contributed by atoms with Gasteiger partial charge in [0.2, 0.25) is 0 Å². The molecule has 1 saturated carbocycles. The molecule has 1 aliphatic rings. The number of allylic oxidation sites excluding steroid dienone is 1.